The largest absolute Gasteiger partial charge is 0.481 e. The van der Waals surface area contributed by atoms with Gasteiger partial charge in [0.15, 0.2) is 0 Å². The van der Waals surface area contributed by atoms with E-state index < -0.39 is 6.10 Å². The van der Waals surface area contributed by atoms with Crippen LogP contribution in [0.4, 0.5) is 4.39 Å². The Kier molecular flexibility index (Phi) is 4.47. The van der Waals surface area contributed by atoms with Crippen LogP contribution < -0.4 is 4.74 Å². The molecule has 0 aliphatic carbocycles. The Morgan fingerprint density at radius 1 is 1.11 bits per heavy atom. The predicted octanol–water partition coefficient (Wildman–Crippen LogP) is 2.38. The van der Waals surface area contributed by atoms with Crippen LogP contribution in [0.2, 0.25) is 0 Å². The highest BCUT2D eigenvalue weighted by molar-refractivity contribution is 5.20. The van der Waals surface area contributed by atoms with Gasteiger partial charge in [0.1, 0.15) is 5.82 Å². The molecule has 19 heavy (non-hydrogen) atoms. The molecular formula is C15H16FNO2. The van der Waals surface area contributed by atoms with Gasteiger partial charge in [-0.1, -0.05) is 18.2 Å². The van der Waals surface area contributed by atoms with Crippen molar-refractivity contribution in [3.05, 3.63) is 59.5 Å². The Morgan fingerprint density at radius 2 is 1.74 bits per heavy atom. The Morgan fingerprint density at radius 3 is 2.32 bits per heavy atom. The number of benzene rings is 1. The Hall–Kier alpha value is -1.94. The first-order chi connectivity index (χ1) is 9.17. The van der Waals surface area contributed by atoms with Crippen LogP contribution in [0.15, 0.2) is 42.6 Å². The van der Waals surface area contributed by atoms with E-state index in [-0.39, 0.29) is 5.82 Å². The SMILES string of the molecule is COc1ccc(CC(O)Cc2ccc(F)cc2)cn1. The lowest BCUT2D eigenvalue weighted by Gasteiger charge is -2.10. The highest BCUT2D eigenvalue weighted by Crippen LogP contribution is 2.12. The van der Waals surface area contributed by atoms with Crippen molar-refractivity contribution < 1.29 is 14.2 Å². The molecule has 0 radical (unpaired) electrons. The van der Waals surface area contributed by atoms with E-state index in [0.717, 1.165) is 11.1 Å². The number of aliphatic hydroxyl groups excluding tert-OH is 1. The Bertz CT molecular complexity index is 511. The van der Waals surface area contributed by atoms with E-state index in [9.17, 15) is 9.50 Å². The van der Waals surface area contributed by atoms with Crippen LogP contribution in [-0.4, -0.2) is 23.3 Å². The van der Waals surface area contributed by atoms with E-state index in [0.29, 0.717) is 18.7 Å². The molecule has 1 atom stereocenters. The van der Waals surface area contributed by atoms with Crippen LogP contribution in [0.25, 0.3) is 0 Å². The standard InChI is InChI=1S/C15H16FNO2/c1-19-15-7-4-12(10-17-15)9-14(18)8-11-2-5-13(16)6-3-11/h2-7,10,14,18H,8-9H2,1H3. The molecule has 1 aromatic heterocycles. The molecule has 0 spiro atoms. The van der Waals surface area contributed by atoms with Gasteiger partial charge >= 0.3 is 0 Å². The molecule has 0 fully saturated rings. The summed E-state index contributed by atoms with van der Waals surface area (Å²) in [7, 11) is 1.56. The fourth-order valence-corrected chi connectivity index (χ4v) is 1.89. The van der Waals surface area contributed by atoms with Gasteiger partial charge in [-0.15, -0.1) is 0 Å². The summed E-state index contributed by atoms with van der Waals surface area (Å²) in [6.45, 7) is 0. The number of methoxy groups -OCH3 is 1. The summed E-state index contributed by atoms with van der Waals surface area (Å²) >= 11 is 0. The van der Waals surface area contributed by atoms with Gasteiger partial charge in [-0.05, 0) is 29.7 Å². The van der Waals surface area contributed by atoms with Crippen LogP contribution >= 0.6 is 0 Å². The van der Waals surface area contributed by atoms with Gasteiger partial charge in [0.05, 0.1) is 13.2 Å². The molecule has 1 N–H and O–H groups in total. The molecule has 2 rings (SSSR count). The number of aromatic nitrogens is 1. The summed E-state index contributed by atoms with van der Waals surface area (Å²) in [5.41, 5.74) is 1.85. The third-order valence-corrected chi connectivity index (χ3v) is 2.86. The fraction of sp³-hybridized carbons (Fsp3) is 0.267. The summed E-state index contributed by atoms with van der Waals surface area (Å²) in [6.07, 6.45) is 2.17. The first-order valence-electron chi connectivity index (χ1n) is 6.09. The molecule has 3 nitrogen and oxygen atoms in total. The number of hydrogen-bond donors (Lipinski definition) is 1. The van der Waals surface area contributed by atoms with Gasteiger partial charge in [-0.2, -0.15) is 0 Å². The lowest BCUT2D eigenvalue weighted by Crippen LogP contribution is -2.14. The normalized spacial score (nSPS) is 12.2. The van der Waals surface area contributed by atoms with Gasteiger partial charge in [-0.25, -0.2) is 9.37 Å². The van der Waals surface area contributed by atoms with E-state index in [1.807, 2.05) is 6.07 Å². The predicted molar refractivity (Wildman–Crippen MR) is 70.6 cm³/mol. The van der Waals surface area contributed by atoms with Crippen molar-refractivity contribution in [1.82, 2.24) is 4.98 Å². The quantitative estimate of drug-likeness (QED) is 0.898. The van der Waals surface area contributed by atoms with Crippen molar-refractivity contribution in [2.24, 2.45) is 0 Å². The van der Waals surface area contributed by atoms with Crippen LogP contribution in [0.5, 0.6) is 5.88 Å². The summed E-state index contributed by atoms with van der Waals surface area (Å²) in [6, 6.07) is 9.81. The van der Waals surface area contributed by atoms with Crippen LogP contribution in [0.1, 0.15) is 11.1 Å². The number of nitrogens with zero attached hydrogens (tertiary/aromatic N) is 1. The van der Waals surface area contributed by atoms with Crippen molar-refractivity contribution >= 4 is 0 Å². The third kappa shape index (κ3) is 4.03. The first kappa shape index (κ1) is 13.5. The Labute approximate surface area is 111 Å². The molecule has 0 saturated heterocycles. The molecule has 0 bridgehead atoms. The zero-order valence-corrected chi connectivity index (χ0v) is 10.7. The van der Waals surface area contributed by atoms with Crippen molar-refractivity contribution in [1.29, 1.82) is 0 Å². The molecule has 100 valence electrons. The van der Waals surface area contributed by atoms with Crippen molar-refractivity contribution in [3.8, 4) is 5.88 Å². The summed E-state index contributed by atoms with van der Waals surface area (Å²) < 4.78 is 17.7. The molecule has 1 unspecified atom stereocenters. The van der Waals surface area contributed by atoms with E-state index in [4.69, 9.17) is 4.74 Å². The number of aliphatic hydroxyl groups is 1. The Balaban J connectivity index is 1.92. The fourth-order valence-electron chi connectivity index (χ4n) is 1.89. The lowest BCUT2D eigenvalue weighted by molar-refractivity contribution is 0.175. The summed E-state index contributed by atoms with van der Waals surface area (Å²) in [5, 5.41) is 10.00. The van der Waals surface area contributed by atoms with Crippen molar-refractivity contribution in [3.63, 3.8) is 0 Å². The number of hydrogen-bond acceptors (Lipinski definition) is 3. The van der Waals surface area contributed by atoms with Crippen molar-refractivity contribution in [2.45, 2.75) is 18.9 Å². The molecule has 0 amide bonds. The highest BCUT2D eigenvalue weighted by Gasteiger charge is 2.07. The van der Waals surface area contributed by atoms with E-state index in [2.05, 4.69) is 4.98 Å². The molecule has 2 aromatic rings. The topological polar surface area (TPSA) is 42.4 Å². The van der Waals surface area contributed by atoms with Gasteiger partial charge in [0.2, 0.25) is 5.88 Å². The van der Waals surface area contributed by atoms with Gasteiger partial charge in [-0.3, -0.25) is 0 Å². The van der Waals surface area contributed by atoms with E-state index in [1.165, 1.54) is 12.1 Å². The molecule has 0 aliphatic rings. The maximum atomic E-state index is 12.8. The van der Waals surface area contributed by atoms with Crippen molar-refractivity contribution in [2.75, 3.05) is 7.11 Å². The molecular weight excluding hydrogens is 245 g/mol. The average Bonchev–Trinajstić information content (AvgIpc) is 2.42. The second-order valence-electron chi connectivity index (χ2n) is 4.40. The summed E-state index contributed by atoms with van der Waals surface area (Å²) in [4.78, 5) is 4.09. The van der Waals surface area contributed by atoms with Crippen LogP contribution in [0.3, 0.4) is 0 Å². The monoisotopic (exact) mass is 261 g/mol. The van der Waals surface area contributed by atoms with Gasteiger partial charge < -0.3 is 9.84 Å². The van der Waals surface area contributed by atoms with Gasteiger partial charge in [0, 0.05) is 18.7 Å². The minimum atomic E-state index is -0.513. The minimum Gasteiger partial charge on any atom is -0.481 e. The van der Waals surface area contributed by atoms with E-state index in [1.54, 1.807) is 31.5 Å². The molecule has 4 heteroatoms. The molecule has 1 aromatic carbocycles. The molecule has 1 heterocycles. The zero-order chi connectivity index (χ0) is 13.7. The second-order valence-corrected chi connectivity index (χ2v) is 4.40. The number of pyridine rings is 1. The maximum absolute atomic E-state index is 12.8. The first-order valence-corrected chi connectivity index (χ1v) is 6.09. The molecule has 0 aliphatic heterocycles. The number of rotatable bonds is 5. The lowest BCUT2D eigenvalue weighted by atomic mass is 10.0. The van der Waals surface area contributed by atoms with Crippen LogP contribution in [0, 0.1) is 5.82 Å². The van der Waals surface area contributed by atoms with E-state index >= 15 is 0 Å². The van der Waals surface area contributed by atoms with Gasteiger partial charge in [0.25, 0.3) is 0 Å². The third-order valence-electron chi connectivity index (χ3n) is 2.86. The summed E-state index contributed by atoms with van der Waals surface area (Å²) in [5.74, 6) is 0.286. The highest BCUT2D eigenvalue weighted by atomic mass is 19.1. The maximum Gasteiger partial charge on any atom is 0.212 e. The number of halogens is 1. The number of ether oxygens (including phenoxy) is 1. The minimum absolute atomic E-state index is 0.266. The smallest absolute Gasteiger partial charge is 0.212 e. The average molecular weight is 261 g/mol. The zero-order valence-electron chi connectivity index (χ0n) is 10.7. The second kappa shape index (κ2) is 6.29. The molecule has 0 saturated carbocycles. The van der Waals surface area contributed by atoms with Crippen LogP contribution in [-0.2, 0) is 12.8 Å².